The number of hydrogen-bond donors (Lipinski definition) is 2. The molecule has 1 amide bonds. The minimum absolute atomic E-state index is 0.0658. The highest BCUT2D eigenvalue weighted by Gasteiger charge is 2.10. The van der Waals surface area contributed by atoms with Crippen LogP contribution in [0.4, 0.5) is 5.69 Å². The summed E-state index contributed by atoms with van der Waals surface area (Å²) in [6.45, 7) is 9.22. The van der Waals surface area contributed by atoms with Gasteiger partial charge < -0.3 is 10.4 Å². The maximum Gasteiger partial charge on any atom is 0.337 e. The molecule has 2 rings (SSSR count). The van der Waals surface area contributed by atoms with Gasteiger partial charge >= 0.3 is 5.97 Å². The van der Waals surface area contributed by atoms with Crippen LogP contribution in [0, 0.1) is 6.92 Å². The van der Waals surface area contributed by atoms with E-state index in [-0.39, 0.29) is 17.2 Å². The first kappa shape index (κ1) is 20.4. The Morgan fingerprint density at radius 1 is 1.11 bits per heavy atom. The molecule has 0 radical (unpaired) electrons. The quantitative estimate of drug-likeness (QED) is 0.688. The van der Waals surface area contributed by atoms with Crippen LogP contribution in [0.5, 0.6) is 0 Å². The summed E-state index contributed by atoms with van der Waals surface area (Å²) < 4.78 is 0. The normalized spacial score (nSPS) is 11.1. The van der Waals surface area contributed by atoms with E-state index in [0.29, 0.717) is 0 Å². The first-order valence-electron chi connectivity index (χ1n) is 9.07. The van der Waals surface area contributed by atoms with E-state index >= 15 is 0 Å². The van der Waals surface area contributed by atoms with Gasteiger partial charge in [0.1, 0.15) is 0 Å². The molecular formula is C22H26N2O3. The van der Waals surface area contributed by atoms with Crippen molar-refractivity contribution < 1.29 is 14.7 Å². The Bertz CT molecular complexity index is 839. The van der Waals surface area contributed by atoms with Gasteiger partial charge in [-0.2, -0.15) is 0 Å². The lowest BCUT2D eigenvalue weighted by molar-refractivity contribution is -0.111. The number of nitrogens with one attached hydrogen (secondary N) is 1. The molecule has 0 bridgehead atoms. The topological polar surface area (TPSA) is 69.6 Å². The summed E-state index contributed by atoms with van der Waals surface area (Å²) >= 11 is 0. The zero-order valence-electron chi connectivity index (χ0n) is 16.0. The van der Waals surface area contributed by atoms with E-state index in [2.05, 4.69) is 43.1 Å². The minimum Gasteiger partial charge on any atom is -0.478 e. The van der Waals surface area contributed by atoms with Crippen LogP contribution in [0.25, 0.3) is 6.08 Å². The Labute approximate surface area is 160 Å². The number of rotatable bonds is 8. The molecule has 0 saturated heterocycles. The molecule has 2 N–H and O–H groups in total. The predicted molar refractivity (Wildman–Crippen MR) is 109 cm³/mol. The number of para-hydroxylation sites is 1. The fraction of sp³-hybridized carbons (Fsp3) is 0.273. The number of carboxylic acid groups (broad SMARTS) is 1. The van der Waals surface area contributed by atoms with Crippen LogP contribution in [-0.2, 0) is 11.3 Å². The lowest BCUT2D eigenvalue weighted by Crippen LogP contribution is -2.22. The second kappa shape index (κ2) is 9.69. The third kappa shape index (κ3) is 5.79. The van der Waals surface area contributed by atoms with Gasteiger partial charge in [-0.25, -0.2) is 4.79 Å². The van der Waals surface area contributed by atoms with Gasteiger partial charge in [-0.1, -0.05) is 44.2 Å². The Kier molecular flexibility index (Phi) is 7.32. The number of hydrogen-bond acceptors (Lipinski definition) is 3. The summed E-state index contributed by atoms with van der Waals surface area (Å²) in [5, 5.41) is 11.8. The van der Waals surface area contributed by atoms with E-state index in [1.165, 1.54) is 23.3 Å². The lowest BCUT2D eigenvalue weighted by Gasteiger charge is -2.19. The van der Waals surface area contributed by atoms with Crippen molar-refractivity contribution in [2.24, 2.45) is 0 Å². The summed E-state index contributed by atoms with van der Waals surface area (Å²) in [5.41, 5.74) is 3.74. The molecule has 5 heteroatoms. The highest BCUT2D eigenvalue weighted by atomic mass is 16.4. The summed E-state index contributed by atoms with van der Waals surface area (Å²) in [6.07, 6.45) is 3.16. The Balaban J connectivity index is 2.11. The monoisotopic (exact) mass is 366 g/mol. The second-order valence-electron chi connectivity index (χ2n) is 6.32. The van der Waals surface area contributed by atoms with Gasteiger partial charge in [0.05, 0.1) is 11.3 Å². The van der Waals surface area contributed by atoms with E-state index < -0.39 is 5.97 Å². The van der Waals surface area contributed by atoms with Crippen molar-refractivity contribution >= 4 is 23.6 Å². The zero-order valence-corrected chi connectivity index (χ0v) is 16.0. The van der Waals surface area contributed by atoms with Crippen molar-refractivity contribution in [1.82, 2.24) is 4.90 Å². The SMILES string of the molecule is CCN(CC)Cc1cc(/C=C/C(=O)Nc2ccccc2C(=O)O)ccc1C. The molecule has 2 aromatic rings. The van der Waals surface area contributed by atoms with Crippen LogP contribution < -0.4 is 5.32 Å². The van der Waals surface area contributed by atoms with Crippen LogP contribution in [0.2, 0.25) is 0 Å². The molecule has 0 fully saturated rings. The van der Waals surface area contributed by atoms with Crippen molar-refractivity contribution in [3.05, 3.63) is 70.8 Å². The molecule has 142 valence electrons. The van der Waals surface area contributed by atoms with Gasteiger partial charge in [0.25, 0.3) is 0 Å². The van der Waals surface area contributed by atoms with Gasteiger partial charge in [0, 0.05) is 12.6 Å². The first-order valence-corrected chi connectivity index (χ1v) is 9.07. The van der Waals surface area contributed by atoms with Gasteiger partial charge in [-0.05, 0) is 54.9 Å². The Hall–Kier alpha value is -2.92. The number of anilines is 1. The smallest absolute Gasteiger partial charge is 0.337 e. The summed E-state index contributed by atoms with van der Waals surface area (Å²) in [4.78, 5) is 25.7. The third-order valence-electron chi connectivity index (χ3n) is 4.50. The number of carbonyl (C=O) groups excluding carboxylic acids is 1. The van der Waals surface area contributed by atoms with Gasteiger partial charge in [0.15, 0.2) is 0 Å². The molecule has 0 saturated carbocycles. The molecule has 0 spiro atoms. The molecule has 0 aliphatic carbocycles. The molecule has 0 atom stereocenters. The van der Waals surface area contributed by atoms with Crippen molar-refractivity contribution in [1.29, 1.82) is 0 Å². The summed E-state index contributed by atoms with van der Waals surface area (Å²) in [7, 11) is 0. The number of nitrogens with zero attached hydrogens (tertiary/aromatic N) is 1. The average molecular weight is 366 g/mol. The number of aryl methyl sites for hydroxylation is 1. The standard InChI is InChI=1S/C22H26N2O3/c1-4-24(5-2)15-18-14-17(11-10-16(18)3)12-13-21(25)23-20-9-7-6-8-19(20)22(26)27/h6-14H,4-5,15H2,1-3H3,(H,23,25)(H,26,27)/b13-12+. The van der Waals surface area contributed by atoms with Crippen molar-refractivity contribution in [2.45, 2.75) is 27.3 Å². The van der Waals surface area contributed by atoms with Crippen LogP contribution in [-0.4, -0.2) is 35.0 Å². The number of benzene rings is 2. The van der Waals surface area contributed by atoms with E-state index in [1.807, 2.05) is 6.07 Å². The molecule has 0 heterocycles. The highest BCUT2D eigenvalue weighted by molar-refractivity contribution is 6.06. The molecule has 0 unspecified atom stereocenters. The molecule has 0 aliphatic heterocycles. The predicted octanol–water partition coefficient (Wildman–Crippen LogP) is 4.19. The van der Waals surface area contributed by atoms with Gasteiger partial charge in [-0.3, -0.25) is 9.69 Å². The van der Waals surface area contributed by atoms with Crippen molar-refractivity contribution in [2.75, 3.05) is 18.4 Å². The number of carboxylic acids is 1. The van der Waals surface area contributed by atoms with Crippen molar-refractivity contribution in [3.63, 3.8) is 0 Å². The van der Waals surface area contributed by atoms with E-state index in [9.17, 15) is 14.7 Å². The minimum atomic E-state index is -1.07. The molecule has 5 nitrogen and oxygen atoms in total. The van der Waals surface area contributed by atoms with Crippen LogP contribution in [0.15, 0.2) is 48.5 Å². The second-order valence-corrected chi connectivity index (χ2v) is 6.32. The largest absolute Gasteiger partial charge is 0.478 e. The average Bonchev–Trinajstić information content (AvgIpc) is 2.66. The number of carbonyl (C=O) groups is 2. The zero-order chi connectivity index (χ0) is 19.8. The fourth-order valence-corrected chi connectivity index (χ4v) is 2.78. The Morgan fingerprint density at radius 2 is 1.81 bits per heavy atom. The van der Waals surface area contributed by atoms with Crippen molar-refractivity contribution in [3.8, 4) is 0 Å². The molecule has 2 aromatic carbocycles. The Morgan fingerprint density at radius 3 is 2.48 bits per heavy atom. The highest BCUT2D eigenvalue weighted by Crippen LogP contribution is 2.17. The van der Waals surface area contributed by atoms with Crippen LogP contribution >= 0.6 is 0 Å². The van der Waals surface area contributed by atoms with E-state index in [0.717, 1.165) is 25.2 Å². The molecular weight excluding hydrogens is 340 g/mol. The lowest BCUT2D eigenvalue weighted by atomic mass is 10.0. The molecule has 27 heavy (non-hydrogen) atoms. The van der Waals surface area contributed by atoms with E-state index in [1.54, 1.807) is 24.3 Å². The number of amides is 1. The maximum absolute atomic E-state index is 12.2. The first-order chi connectivity index (χ1) is 12.9. The molecule has 0 aliphatic rings. The van der Waals surface area contributed by atoms with E-state index in [4.69, 9.17) is 0 Å². The summed E-state index contributed by atoms with van der Waals surface area (Å²) in [5.74, 6) is -1.44. The van der Waals surface area contributed by atoms with Crippen LogP contribution in [0.3, 0.4) is 0 Å². The number of aromatic carboxylic acids is 1. The maximum atomic E-state index is 12.2. The van der Waals surface area contributed by atoms with Crippen LogP contribution in [0.1, 0.15) is 40.9 Å². The third-order valence-corrected chi connectivity index (χ3v) is 4.50. The van der Waals surface area contributed by atoms with Gasteiger partial charge in [-0.15, -0.1) is 0 Å². The fourth-order valence-electron chi connectivity index (χ4n) is 2.78. The summed E-state index contributed by atoms with van der Waals surface area (Å²) in [6, 6.07) is 12.4. The van der Waals surface area contributed by atoms with Gasteiger partial charge in [0.2, 0.25) is 5.91 Å². The molecule has 0 aromatic heterocycles.